The van der Waals surface area contributed by atoms with Crippen LogP contribution in [0.3, 0.4) is 0 Å². The molecule has 5 heteroatoms. The molecule has 4 rings (SSSR count). The summed E-state index contributed by atoms with van der Waals surface area (Å²) >= 11 is 0. The van der Waals surface area contributed by atoms with Gasteiger partial charge in [0, 0.05) is 49.1 Å². The summed E-state index contributed by atoms with van der Waals surface area (Å²) in [5.41, 5.74) is 3.29. The molecule has 0 radical (unpaired) electrons. The molecule has 122 valence electrons. The third kappa shape index (κ3) is 2.66. The lowest BCUT2D eigenvalue weighted by atomic mass is 10.1. The first-order chi connectivity index (χ1) is 11.7. The van der Waals surface area contributed by atoms with Gasteiger partial charge in [-0.3, -0.25) is 4.98 Å². The maximum Gasteiger partial charge on any atom is 0.226 e. The highest BCUT2D eigenvalue weighted by atomic mass is 15.3. The zero-order chi connectivity index (χ0) is 16.5. The summed E-state index contributed by atoms with van der Waals surface area (Å²) in [6.45, 7) is 7.11. The topological polar surface area (TPSA) is 45.2 Å². The van der Waals surface area contributed by atoms with Gasteiger partial charge < -0.3 is 9.80 Å². The van der Waals surface area contributed by atoms with Crippen LogP contribution in [-0.2, 0) is 0 Å². The average molecular weight is 319 g/mol. The van der Waals surface area contributed by atoms with Gasteiger partial charge in [-0.25, -0.2) is 9.97 Å². The van der Waals surface area contributed by atoms with E-state index in [2.05, 4.69) is 52.9 Å². The number of piperazine rings is 1. The van der Waals surface area contributed by atoms with Crippen LogP contribution in [0.1, 0.15) is 12.6 Å². The first-order valence-electron chi connectivity index (χ1n) is 8.37. The van der Waals surface area contributed by atoms with Crippen LogP contribution in [0.5, 0.6) is 0 Å². The predicted octanol–water partition coefficient (Wildman–Crippen LogP) is 3.05. The standard InChI is InChI=1S/C19H21N5/c1-14-13-23(11-12-24(14)16-7-9-20-10-8-16)19-21-15(2)17-5-3-4-6-18(17)22-19/h3-10,14H,11-13H2,1-2H3. The Balaban J connectivity index is 1.59. The van der Waals surface area contributed by atoms with Crippen molar-refractivity contribution in [3.05, 3.63) is 54.5 Å². The molecule has 3 aromatic rings. The fraction of sp³-hybridized carbons (Fsp3) is 0.316. The number of fused-ring (bicyclic) bond motifs is 1. The van der Waals surface area contributed by atoms with E-state index in [1.54, 1.807) is 0 Å². The van der Waals surface area contributed by atoms with Gasteiger partial charge in [-0.15, -0.1) is 0 Å². The third-order valence-electron chi connectivity index (χ3n) is 4.69. The number of rotatable bonds is 2. The van der Waals surface area contributed by atoms with E-state index in [1.165, 1.54) is 5.69 Å². The van der Waals surface area contributed by atoms with Gasteiger partial charge in [0.15, 0.2) is 0 Å². The van der Waals surface area contributed by atoms with Gasteiger partial charge in [0.05, 0.1) is 11.2 Å². The van der Waals surface area contributed by atoms with Crippen LogP contribution >= 0.6 is 0 Å². The highest BCUT2D eigenvalue weighted by molar-refractivity contribution is 5.81. The second-order valence-electron chi connectivity index (χ2n) is 6.32. The van der Waals surface area contributed by atoms with Crippen molar-refractivity contribution in [2.24, 2.45) is 0 Å². The summed E-state index contributed by atoms with van der Waals surface area (Å²) in [4.78, 5) is 18.3. The zero-order valence-electron chi connectivity index (χ0n) is 14.1. The summed E-state index contributed by atoms with van der Waals surface area (Å²) in [6.07, 6.45) is 3.70. The van der Waals surface area contributed by atoms with Gasteiger partial charge >= 0.3 is 0 Å². The molecule has 1 unspecified atom stereocenters. The Hall–Kier alpha value is -2.69. The summed E-state index contributed by atoms with van der Waals surface area (Å²) in [5.74, 6) is 0.840. The Kier molecular flexibility index (Phi) is 3.76. The van der Waals surface area contributed by atoms with Crippen molar-refractivity contribution in [3.8, 4) is 0 Å². The number of anilines is 2. The van der Waals surface area contributed by atoms with Crippen LogP contribution in [-0.4, -0.2) is 40.6 Å². The van der Waals surface area contributed by atoms with Crippen molar-refractivity contribution in [2.45, 2.75) is 19.9 Å². The van der Waals surface area contributed by atoms with Gasteiger partial charge in [-0.05, 0) is 32.0 Å². The van der Waals surface area contributed by atoms with Crippen molar-refractivity contribution in [1.29, 1.82) is 0 Å². The molecule has 1 aliphatic rings. The molecule has 1 atom stereocenters. The van der Waals surface area contributed by atoms with Crippen LogP contribution in [0.15, 0.2) is 48.8 Å². The molecule has 2 aromatic heterocycles. The number of hydrogen-bond donors (Lipinski definition) is 0. The number of hydrogen-bond acceptors (Lipinski definition) is 5. The molecule has 1 saturated heterocycles. The lowest BCUT2D eigenvalue weighted by Gasteiger charge is -2.41. The van der Waals surface area contributed by atoms with Crippen LogP contribution in [0.2, 0.25) is 0 Å². The first kappa shape index (κ1) is 14.9. The van der Waals surface area contributed by atoms with Crippen LogP contribution in [0, 0.1) is 6.92 Å². The van der Waals surface area contributed by atoms with Crippen LogP contribution in [0.25, 0.3) is 10.9 Å². The molecule has 0 spiro atoms. The number of benzene rings is 1. The van der Waals surface area contributed by atoms with Gasteiger partial charge in [0.2, 0.25) is 5.95 Å². The lowest BCUT2D eigenvalue weighted by molar-refractivity contribution is 0.543. The molecular weight excluding hydrogens is 298 g/mol. The summed E-state index contributed by atoms with van der Waals surface area (Å²) < 4.78 is 0. The Morgan fingerprint density at radius 3 is 2.58 bits per heavy atom. The van der Waals surface area contributed by atoms with Crippen LogP contribution < -0.4 is 9.80 Å². The Bertz CT molecular complexity index is 849. The molecule has 0 bridgehead atoms. The molecule has 5 nitrogen and oxygen atoms in total. The number of para-hydroxylation sites is 1. The number of nitrogens with zero attached hydrogens (tertiary/aromatic N) is 5. The molecule has 1 fully saturated rings. The Morgan fingerprint density at radius 2 is 1.79 bits per heavy atom. The highest BCUT2D eigenvalue weighted by Crippen LogP contribution is 2.24. The second-order valence-corrected chi connectivity index (χ2v) is 6.32. The maximum absolute atomic E-state index is 4.78. The fourth-order valence-electron chi connectivity index (χ4n) is 3.42. The van der Waals surface area contributed by atoms with Gasteiger partial charge in [-0.2, -0.15) is 0 Å². The molecule has 3 heterocycles. The van der Waals surface area contributed by atoms with Crippen molar-refractivity contribution in [3.63, 3.8) is 0 Å². The van der Waals surface area contributed by atoms with Gasteiger partial charge in [0.1, 0.15) is 0 Å². The Morgan fingerprint density at radius 1 is 1.00 bits per heavy atom. The van der Waals surface area contributed by atoms with Crippen molar-refractivity contribution in [1.82, 2.24) is 15.0 Å². The largest absolute Gasteiger partial charge is 0.365 e. The van der Waals surface area contributed by atoms with E-state index < -0.39 is 0 Å². The lowest BCUT2D eigenvalue weighted by Crippen LogP contribution is -2.52. The van der Waals surface area contributed by atoms with Gasteiger partial charge in [-0.1, -0.05) is 18.2 Å². The quantitative estimate of drug-likeness (QED) is 0.726. The molecule has 24 heavy (non-hydrogen) atoms. The van der Waals surface area contributed by atoms with E-state index in [4.69, 9.17) is 9.97 Å². The molecule has 0 aliphatic carbocycles. The zero-order valence-corrected chi connectivity index (χ0v) is 14.1. The summed E-state index contributed by atoms with van der Waals surface area (Å²) in [5, 5.41) is 1.13. The van der Waals surface area contributed by atoms with E-state index in [0.29, 0.717) is 6.04 Å². The van der Waals surface area contributed by atoms with E-state index in [9.17, 15) is 0 Å². The maximum atomic E-state index is 4.78. The monoisotopic (exact) mass is 319 g/mol. The highest BCUT2D eigenvalue weighted by Gasteiger charge is 2.25. The minimum absolute atomic E-state index is 0.400. The summed E-state index contributed by atoms with van der Waals surface area (Å²) in [6, 6.07) is 12.8. The van der Waals surface area contributed by atoms with Crippen molar-refractivity contribution in [2.75, 3.05) is 29.4 Å². The minimum Gasteiger partial charge on any atom is -0.365 e. The third-order valence-corrected chi connectivity index (χ3v) is 4.69. The van der Waals surface area contributed by atoms with Crippen molar-refractivity contribution < 1.29 is 0 Å². The smallest absolute Gasteiger partial charge is 0.226 e. The van der Waals surface area contributed by atoms with E-state index >= 15 is 0 Å². The number of aromatic nitrogens is 3. The van der Waals surface area contributed by atoms with E-state index in [-0.39, 0.29) is 0 Å². The molecule has 1 aliphatic heterocycles. The molecule has 0 amide bonds. The number of aryl methyl sites for hydroxylation is 1. The van der Waals surface area contributed by atoms with Crippen LogP contribution in [0.4, 0.5) is 11.6 Å². The molecule has 1 aromatic carbocycles. The average Bonchev–Trinajstić information content (AvgIpc) is 2.62. The number of pyridine rings is 1. The molecule has 0 saturated carbocycles. The SMILES string of the molecule is Cc1nc(N2CCN(c3ccncc3)C(C)C2)nc2ccccc12. The minimum atomic E-state index is 0.400. The summed E-state index contributed by atoms with van der Waals surface area (Å²) in [7, 11) is 0. The Labute approximate surface area is 142 Å². The first-order valence-corrected chi connectivity index (χ1v) is 8.37. The molecular formula is C19H21N5. The normalized spacial score (nSPS) is 18.2. The van der Waals surface area contributed by atoms with E-state index in [1.807, 2.05) is 24.5 Å². The molecule has 0 N–H and O–H groups in total. The predicted molar refractivity (Wildman–Crippen MR) is 97.5 cm³/mol. The van der Waals surface area contributed by atoms with E-state index in [0.717, 1.165) is 42.2 Å². The second kappa shape index (κ2) is 6.07. The fourth-order valence-corrected chi connectivity index (χ4v) is 3.42. The van der Waals surface area contributed by atoms with Crippen molar-refractivity contribution >= 4 is 22.5 Å². The van der Waals surface area contributed by atoms with Gasteiger partial charge in [0.25, 0.3) is 0 Å².